The largest absolute Gasteiger partial charge is 0.0651 e. The van der Waals surface area contributed by atoms with Crippen molar-refractivity contribution in [3.8, 4) is 0 Å². The predicted molar refractivity (Wildman–Crippen MR) is 108 cm³/mol. The highest BCUT2D eigenvalue weighted by atomic mass is 14.4. The molecule has 0 N–H and O–H groups in total. The Hall–Kier alpha value is 0. The molecule has 142 valence electrons. The first-order valence-corrected chi connectivity index (χ1v) is 11.5. The van der Waals surface area contributed by atoms with Crippen LogP contribution in [0.2, 0.25) is 0 Å². The van der Waals surface area contributed by atoms with Gasteiger partial charge in [0.25, 0.3) is 0 Å². The lowest BCUT2D eigenvalue weighted by atomic mass is 9.68. The van der Waals surface area contributed by atoms with Crippen LogP contribution < -0.4 is 0 Å². The van der Waals surface area contributed by atoms with Gasteiger partial charge in [-0.15, -0.1) is 0 Å². The zero-order valence-corrected chi connectivity index (χ0v) is 17.5. The molecule has 2 saturated carbocycles. The molecule has 0 aliphatic heterocycles. The van der Waals surface area contributed by atoms with Gasteiger partial charge < -0.3 is 0 Å². The maximum Gasteiger partial charge on any atom is -0.0298 e. The molecule has 0 heterocycles. The molecule has 0 aromatic carbocycles. The highest BCUT2D eigenvalue weighted by molar-refractivity contribution is 4.86. The summed E-state index contributed by atoms with van der Waals surface area (Å²) < 4.78 is 0. The third-order valence-corrected chi connectivity index (χ3v) is 7.72. The summed E-state index contributed by atoms with van der Waals surface area (Å²) in [5.41, 5.74) is 1.23. The smallest absolute Gasteiger partial charge is 0.0298 e. The van der Waals surface area contributed by atoms with Crippen LogP contribution in [0, 0.1) is 22.7 Å². The summed E-state index contributed by atoms with van der Waals surface area (Å²) in [7, 11) is 0. The van der Waals surface area contributed by atoms with Gasteiger partial charge in [-0.1, -0.05) is 91.9 Å². The van der Waals surface area contributed by atoms with Crippen molar-refractivity contribution in [2.24, 2.45) is 22.7 Å². The Labute approximate surface area is 153 Å². The minimum absolute atomic E-state index is 0.569. The fourth-order valence-electron chi connectivity index (χ4n) is 5.95. The van der Waals surface area contributed by atoms with E-state index in [-0.39, 0.29) is 0 Å². The zero-order valence-electron chi connectivity index (χ0n) is 17.5. The van der Waals surface area contributed by atoms with Crippen molar-refractivity contribution >= 4 is 0 Å². The predicted octanol–water partition coefficient (Wildman–Crippen LogP) is 8.54. The summed E-state index contributed by atoms with van der Waals surface area (Å²) in [6.07, 6.45) is 23.8. The van der Waals surface area contributed by atoms with Crippen LogP contribution in [0.25, 0.3) is 0 Å². The van der Waals surface area contributed by atoms with Gasteiger partial charge in [0.2, 0.25) is 0 Å². The summed E-state index contributed by atoms with van der Waals surface area (Å²) in [6.45, 7) is 10.2. The van der Waals surface area contributed by atoms with Gasteiger partial charge in [0.15, 0.2) is 0 Å². The molecule has 2 unspecified atom stereocenters. The molecule has 0 aromatic rings. The Morgan fingerprint density at radius 3 is 1.92 bits per heavy atom. The Morgan fingerprint density at radius 2 is 1.25 bits per heavy atom. The van der Waals surface area contributed by atoms with E-state index in [2.05, 4.69) is 27.7 Å². The molecule has 0 heteroatoms. The molecule has 2 aliphatic carbocycles. The van der Waals surface area contributed by atoms with Crippen LogP contribution in [0.3, 0.4) is 0 Å². The number of hydrogen-bond acceptors (Lipinski definition) is 0. The highest BCUT2D eigenvalue weighted by Gasteiger charge is 2.35. The first-order chi connectivity index (χ1) is 11.5. The van der Waals surface area contributed by atoms with E-state index in [1.807, 2.05) is 0 Å². The first-order valence-electron chi connectivity index (χ1n) is 11.5. The molecular formula is C24H46. The molecule has 2 fully saturated rings. The van der Waals surface area contributed by atoms with Gasteiger partial charge in [0.05, 0.1) is 0 Å². The van der Waals surface area contributed by atoms with E-state index >= 15 is 0 Å². The second kappa shape index (κ2) is 9.63. The topological polar surface area (TPSA) is 0 Å². The standard InChI is InChI=1S/C24H46/c1-5-21-14-13-19-24(4,22-15-9-10-16-22)18-12-8-6-7-11-17-23(2,3)20-21/h21-22H,5-20H2,1-4H3. The Bertz CT molecular complexity index is 336. The maximum atomic E-state index is 2.67. The van der Waals surface area contributed by atoms with Gasteiger partial charge in [-0.3, -0.25) is 0 Å². The lowest BCUT2D eigenvalue weighted by molar-refractivity contribution is 0.136. The van der Waals surface area contributed by atoms with Crippen LogP contribution >= 0.6 is 0 Å². The second-order valence-corrected chi connectivity index (χ2v) is 10.4. The highest BCUT2D eigenvalue weighted by Crippen LogP contribution is 2.47. The van der Waals surface area contributed by atoms with E-state index in [1.165, 1.54) is 103 Å². The molecule has 24 heavy (non-hydrogen) atoms. The van der Waals surface area contributed by atoms with E-state index in [9.17, 15) is 0 Å². The van der Waals surface area contributed by atoms with Gasteiger partial charge in [0.1, 0.15) is 0 Å². The van der Waals surface area contributed by atoms with Gasteiger partial charge >= 0.3 is 0 Å². The van der Waals surface area contributed by atoms with Gasteiger partial charge in [-0.25, -0.2) is 0 Å². The fraction of sp³-hybridized carbons (Fsp3) is 1.00. The molecule has 0 spiro atoms. The molecule has 2 atom stereocenters. The Kier molecular flexibility index (Phi) is 8.15. The van der Waals surface area contributed by atoms with E-state index < -0.39 is 0 Å². The van der Waals surface area contributed by atoms with Crippen molar-refractivity contribution in [3.05, 3.63) is 0 Å². The van der Waals surface area contributed by atoms with E-state index in [0.29, 0.717) is 10.8 Å². The molecular weight excluding hydrogens is 288 g/mol. The normalized spacial score (nSPS) is 34.8. The lowest BCUT2D eigenvalue weighted by Crippen LogP contribution is -2.26. The van der Waals surface area contributed by atoms with Crippen LogP contribution in [0.15, 0.2) is 0 Å². The molecule has 0 nitrogen and oxygen atoms in total. The average Bonchev–Trinajstić information content (AvgIpc) is 3.07. The van der Waals surface area contributed by atoms with E-state index in [1.54, 1.807) is 0 Å². The third kappa shape index (κ3) is 6.38. The van der Waals surface area contributed by atoms with Crippen LogP contribution in [-0.4, -0.2) is 0 Å². The molecule has 0 saturated heterocycles. The number of hydrogen-bond donors (Lipinski definition) is 0. The van der Waals surface area contributed by atoms with E-state index in [0.717, 1.165) is 11.8 Å². The van der Waals surface area contributed by atoms with Crippen molar-refractivity contribution in [3.63, 3.8) is 0 Å². The average molecular weight is 335 g/mol. The zero-order chi connectivity index (χ0) is 17.5. The van der Waals surface area contributed by atoms with Crippen LogP contribution in [-0.2, 0) is 0 Å². The fourth-order valence-corrected chi connectivity index (χ4v) is 5.95. The molecule has 2 aliphatic rings. The summed E-state index contributed by atoms with van der Waals surface area (Å²) in [4.78, 5) is 0. The summed E-state index contributed by atoms with van der Waals surface area (Å²) >= 11 is 0. The van der Waals surface area contributed by atoms with Crippen molar-refractivity contribution in [2.75, 3.05) is 0 Å². The monoisotopic (exact) mass is 334 g/mol. The summed E-state index contributed by atoms with van der Waals surface area (Å²) in [5, 5.41) is 0. The molecule has 0 amide bonds. The van der Waals surface area contributed by atoms with Crippen LogP contribution in [0.1, 0.15) is 130 Å². The number of rotatable bonds is 2. The molecule has 0 radical (unpaired) electrons. The van der Waals surface area contributed by atoms with Gasteiger partial charge in [-0.05, 0) is 61.2 Å². The van der Waals surface area contributed by atoms with Crippen LogP contribution in [0.5, 0.6) is 0 Å². The van der Waals surface area contributed by atoms with Crippen molar-refractivity contribution < 1.29 is 0 Å². The maximum absolute atomic E-state index is 2.67. The van der Waals surface area contributed by atoms with Crippen molar-refractivity contribution in [2.45, 2.75) is 130 Å². The molecule has 2 rings (SSSR count). The van der Waals surface area contributed by atoms with Crippen molar-refractivity contribution in [1.29, 1.82) is 0 Å². The van der Waals surface area contributed by atoms with Crippen molar-refractivity contribution in [1.82, 2.24) is 0 Å². The molecule has 0 bridgehead atoms. The Morgan fingerprint density at radius 1 is 0.667 bits per heavy atom. The molecule has 0 aromatic heterocycles. The van der Waals surface area contributed by atoms with Gasteiger partial charge in [-0.2, -0.15) is 0 Å². The Balaban J connectivity index is 1.98. The second-order valence-electron chi connectivity index (χ2n) is 10.4. The first kappa shape index (κ1) is 20.3. The van der Waals surface area contributed by atoms with Gasteiger partial charge in [0, 0.05) is 0 Å². The minimum atomic E-state index is 0.569. The van der Waals surface area contributed by atoms with Crippen LogP contribution in [0.4, 0.5) is 0 Å². The SMILES string of the molecule is CCC1CCCC(C)(C2CCCC2)CCCCCCCC(C)(C)C1. The summed E-state index contributed by atoms with van der Waals surface area (Å²) in [6, 6.07) is 0. The van der Waals surface area contributed by atoms with E-state index in [4.69, 9.17) is 0 Å². The quantitative estimate of drug-likeness (QED) is 0.474. The lowest BCUT2D eigenvalue weighted by Gasteiger charge is -2.37. The summed E-state index contributed by atoms with van der Waals surface area (Å²) in [5.74, 6) is 2.01. The third-order valence-electron chi connectivity index (χ3n) is 7.72. The minimum Gasteiger partial charge on any atom is -0.0651 e.